The number of carbonyl (C=O) groups excluding carboxylic acids is 3. The molecule has 106 valence electrons. The van der Waals surface area contributed by atoms with Gasteiger partial charge in [0.1, 0.15) is 18.4 Å². The first-order valence-electron chi connectivity index (χ1n) is 6.33. The van der Waals surface area contributed by atoms with Gasteiger partial charge < -0.3 is 10.6 Å². The summed E-state index contributed by atoms with van der Waals surface area (Å²) in [5, 5.41) is 2.19. The normalized spacial score (nSPS) is 18.9. The Morgan fingerprint density at radius 3 is 2.85 bits per heavy atom. The van der Waals surface area contributed by atoms with Crippen molar-refractivity contribution in [3.8, 4) is 0 Å². The lowest BCUT2D eigenvalue weighted by atomic mass is 10.1. The molecule has 7 nitrogen and oxygen atoms in total. The minimum Gasteiger partial charge on any atom is -0.384 e. The molecule has 1 aliphatic heterocycles. The van der Waals surface area contributed by atoms with Crippen LogP contribution in [0.5, 0.6) is 0 Å². The van der Waals surface area contributed by atoms with Crippen LogP contribution >= 0.6 is 0 Å². The van der Waals surface area contributed by atoms with Crippen LogP contribution in [0.2, 0.25) is 0 Å². The number of aryl methyl sites for hydroxylation is 1. The molecule has 1 fully saturated rings. The SMILES string of the molecule is CCc1cc(C(=O)N2CC(=O)NC(=O)C2C)cc(N)n1. The summed E-state index contributed by atoms with van der Waals surface area (Å²) >= 11 is 0. The van der Waals surface area contributed by atoms with Crippen LogP contribution < -0.4 is 11.1 Å². The van der Waals surface area contributed by atoms with Crippen molar-refractivity contribution in [2.24, 2.45) is 0 Å². The van der Waals surface area contributed by atoms with Gasteiger partial charge in [0.05, 0.1) is 0 Å². The van der Waals surface area contributed by atoms with Crippen LogP contribution in [0.15, 0.2) is 12.1 Å². The number of nitrogen functional groups attached to an aromatic ring is 1. The maximum absolute atomic E-state index is 12.4. The van der Waals surface area contributed by atoms with Crippen molar-refractivity contribution in [1.82, 2.24) is 15.2 Å². The van der Waals surface area contributed by atoms with E-state index in [4.69, 9.17) is 5.73 Å². The number of carbonyl (C=O) groups is 3. The molecule has 1 aromatic rings. The summed E-state index contributed by atoms with van der Waals surface area (Å²) in [4.78, 5) is 40.7. The molecule has 3 amide bonds. The number of imide groups is 1. The van der Waals surface area contributed by atoms with Gasteiger partial charge in [0.25, 0.3) is 5.91 Å². The second-order valence-corrected chi connectivity index (χ2v) is 4.65. The molecule has 1 unspecified atom stereocenters. The van der Waals surface area contributed by atoms with Gasteiger partial charge in [-0.1, -0.05) is 6.92 Å². The number of nitrogens with zero attached hydrogens (tertiary/aromatic N) is 2. The number of piperazine rings is 1. The summed E-state index contributed by atoms with van der Waals surface area (Å²) in [7, 11) is 0. The Morgan fingerprint density at radius 1 is 1.50 bits per heavy atom. The van der Waals surface area contributed by atoms with Crippen LogP contribution in [0, 0.1) is 0 Å². The van der Waals surface area contributed by atoms with Gasteiger partial charge in [-0.2, -0.15) is 0 Å². The summed E-state index contributed by atoms with van der Waals surface area (Å²) in [6.45, 7) is 3.33. The van der Waals surface area contributed by atoms with Crippen LogP contribution in [0.3, 0.4) is 0 Å². The highest BCUT2D eigenvalue weighted by molar-refractivity contribution is 6.07. The Kier molecular flexibility index (Phi) is 3.69. The fourth-order valence-corrected chi connectivity index (χ4v) is 2.04. The summed E-state index contributed by atoms with van der Waals surface area (Å²) in [6.07, 6.45) is 0.639. The van der Waals surface area contributed by atoms with E-state index in [-0.39, 0.29) is 12.4 Å². The summed E-state index contributed by atoms with van der Waals surface area (Å²) in [5.74, 6) is -1.12. The van der Waals surface area contributed by atoms with Crippen LogP contribution in [0.1, 0.15) is 29.9 Å². The van der Waals surface area contributed by atoms with Gasteiger partial charge in [-0.25, -0.2) is 4.98 Å². The molecular weight excluding hydrogens is 260 g/mol. The largest absolute Gasteiger partial charge is 0.384 e. The minimum atomic E-state index is -0.695. The van der Waals surface area contributed by atoms with Gasteiger partial charge in [0.15, 0.2) is 0 Å². The lowest BCUT2D eigenvalue weighted by Gasteiger charge is -2.31. The second-order valence-electron chi connectivity index (χ2n) is 4.65. The Bertz CT molecular complexity index is 585. The molecule has 3 N–H and O–H groups in total. The molecule has 1 atom stereocenters. The molecule has 2 rings (SSSR count). The van der Waals surface area contributed by atoms with E-state index in [1.807, 2.05) is 6.92 Å². The van der Waals surface area contributed by atoms with Gasteiger partial charge in [-0.15, -0.1) is 0 Å². The molecule has 7 heteroatoms. The first kappa shape index (κ1) is 14.0. The van der Waals surface area contributed by atoms with E-state index in [1.165, 1.54) is 11.0 Å². The molecule has 0 aromatic carbocycles. The van der Waals surface area contributed by atoms with E-state index < -0.39 is 23.8 Å². The van der Waals surface area contributed by atoms with Crippen molar-refractivity contribution >= 4 is 23.5 Å². The van der Waals surface area contributed by atoms with Crippen molar-refractivity contribution < 1.29 is 14.4 Å². The number of pyridine rings is 1. The molecule has 0 saturated carbocycles. The fraction of sp³-hybridized carbons (Fsp3) is 0.385. The molecule has 1 saturated heterocycles. The standard InChI is InChI=1S/C13H16N4O3/c1-3-9-4-8(5-10(14)15-9)13(20)17-6-11(18)16-12(19)7(17)2/h4-5,7H,3,6H2,1-2H3,(H2,14,15)(H,16,18,19). The maximum atomic E-state index is 12.4. The van der Waals surface area contributed by atoms with Crippen molar-refractivity contribution in [3.05, 3.63) is 23.4 Å². The predicted octanol–water partition coefficient (Wildman–Crippen LogP) is -0.287. The van der Waals surface area contributed by atoms with Crippen molar-refractivity contribution in [1.29, 1.82) is 0 Å². The molecule has 2 heterocycles. The van der Waals surface area contributed by atoms with Gasteiger partial charge >= 0.3 is 0 Å². The predicted molar refractivity (Wildman–Crippen MR) is 71.7 cm³/mol. The summed E-state index contributed by atoms with van der Waals surface area (Å²) in [5.41, 5.74) is 6.69. The van der Waals surface area contributed by atoms with E-state index in [0.717, 1.165) is 0 Å². The number of hydrogen-bond acceptors (Lipinski definition) is 5. The van der Waals surface area contributed by atoms with E-state index >= 15 is 0 Å². The number of anilines is 1. The Labute approximate surface area is 116 Å². The number of aromatic nitrogens is 1. The third-order valence-corrected chi connectivity index (χ3v) is 3.19. The third-order valence-electron chi connectivity index (χ3n) is 3.19. The lowest BCUT2D eigenvalue weighted by Crippen LogP contribution is -2.58. The zero-order chi connectivity index (χ0) is 14.9. The molecule has 0 radical (unpaired) electrons. The summed E-state index contributed by atoms with van der Waals surface area (Å²) in [6, 6.07) is 2.38. The van der Waals surface area contributed by atoms with E-state index in [2.05, 4.69) is 10.3 Å². The Balaban J connectivity index is 2.32. The quantitative estimate of drug-likeness (QED) is 0.722. The lowest BCUT2D eigenvalue weighted by molar-refractivity contribution is -0.138. The fourth-order valence-electron chi connectivity index (χ4n) is 2.04. The minimum absolute atomic E-state index is 0.143. The molecule has 0 bridgehead atoms. The zero-order valence-corrected chi connectivity index (χ0v) is 11.3. The monoisotopic (exact) mass is 276 g/mol. The van der Waals surface area contributed by atoms with Crippen LogP contribution in [-0.2, 0) is 16.0 Å². The Morgan fingerprint density at radius 2 is 2.20 bits per heavy atom. The molecule has 20 heavy (non-hydrogen) atoms. The van der Waals surface area contributed by atoms with Gasteiger partial charge in [0.2, 0.25) is 11.8 Å². The van der Waals surface area contributed by atoms with Gasteiger partial charge in [-0.3, -0.25) is 19.7 Å². The van der Waals surface area contributed by atoms with Gasteiger partial charge in [-0.05, 0) is 25.5 Å². The van der Waals surface area contributed by atoms with Crippen molar-refractivity contribution in [2.75, 3.05) is 12.3 Å². The highest BCUT2D eigenvalue weighted by atomic mass is 16.2. The van der Waals surface area contributed by atoms with Crippen LogP contribution in [0.25, 0.3) is 0 Å². The van der Waals surface area contributed by atoms with Crippen LogP contribution in [0.4, 0.5) is 5.82 Å². The zero-order valence-electron chi connectivity index (χ0n) is 11.3. The number of nitrogens with two attached hydrogens (primary N) is 1. The molecular formula is C13H16N4O3. The Hall–Kier alpha value is -2.44. The average molecular weight is 276 g/mol. The smallest absolute Gasteiger partial charge is 0.255 e. The summed E-state index contributed by atoms with van der Waals surface area (Å²) < 4.78 is 0. The number of nitrogens with one attached hydrogen (secondary N) is 1. The van der Waals surface area contributed by atoms with Crippen molar-refractivity contribution in [3.63, 3.8) is 0 Å². The van der Waals surface area contributed by atoms with Gasteiger partial charge in [0, 0.05) is 11.3 Å². The first-order valence-corrected chi connectivity index (χ1v) is 6.33. The number of hydrogen-bond donors (Lipinski definition) is 2. The topological polar surface area (TPSA) is 105 Å². The van der Waals surface area contributed by atoms with E-state index in [0.29, 0.717) is 17.7 Å². The second kappa shape index (κ2) is 5.28. The third kappa shape index (κ3) is 2.61. The molecule has 1 aromatic heterocycles. The number of amides is 3. The molecule has 0 aliphatic carbocycles. The van der Waals surface area contributed by atoms with Crippen molar-refractivity contribution in [2.45, 2.75) is 26.3 Å². The maximum Gasteiger partial charge on any atom is 0.255 e. The van der Waals surface area contributed by atoms with Crippen LogP contribution in [-0.4, -0.2) is 40.2 Å². The number of rotatable bonds is 2. The highest BCUT2D eigenvalue weighted by Crippen LogP contribution is 2.15. The highest BCUT2D eigenvalue weighted by Gasteiger charge is 2.34. The van der Waals surface area contributed by atoms with E-state index in [1.54, 1.807) is 13.0 Å². The average Bonchev–Trinajstić information content (AvgIpc) is 2.41. The first-order chi connectivity index (χ1) is 9.42. The molecule has 1 aliphatic rings. The molecule has 0 spiro atoms. The van der Waals surface area contributed by atoms with E-state index in [9.17, 15) is 14.4 Å².